The quantitative estimate of drug-likeness (QED) is 0.527. The summed E-state index contributed by atoms with van der Waals surface area (Å²) in [4.78, 5) is 0. The summed E-state index contributed by atoms with van der Waals surface area (Å²) >= 11 is 0. The van der Waals surface area contributed by atoms with E-state index in [2.05, 4.69) is 45.7 Å². The van der Waals surface area contributed by atoms with Gasteiger partial charge in [0.05, 0.1) is 19.3 Å². The van der Waals surface area contributed by atoms with E-state index in [9.17, 15) is 5.11 Å². The fourth-order valence-corrected chi connectivity index (χ4v) is 4.96. The molecule has 0 saturated carbocycles. The molecule has 6 heteroatoms. The molecule has 3 rings (SSSR count). The second kappa shape index (κ2) is 10.2. The van der Waals surface area contributed by atoms with Gasteiger partial charge in [0, 0.05) is 6.61 Å². The minimum atomic E-state index is -1.95. The van der Waals surface area contributed by atoms with Crippen LogP contribution in [0.2, 0.25) is 18.1 Å². The van der Waals surface area contributed by atoms with Crippen molar-refractivity contribution in [3.63, 3.8) is 0 Å². The Morgan fingerprint density at radius 3 is 2.55 bits per heavy atom. The average molecular weight is 447 g/mol. The molecule has 0 radical (unpaired) electrons. The van der Waals surface area contributed by atoms with Gasteiger partial charge in [0.15, 0.2) is 8.32 Å². The lowest BCUT2D eigenvalue weighted by atomic mass is 10.0. The lowest BCUT2D eigenvalue weighted by molar-refractivity contribution is -0.253. The summed E-state index contributed by atoms with van der Waals surface area (Å²) in [7, 11) is -1.95. The van der Waals surface area contributed by atoms with Crippen molar-refractivity contribution < 1.29 is 23.7 Å². The number of benzene rings is 1. The van der Waals surface area contributed by atoms with Crippen molar-refractivity contribution >= 4 is 8.32 Å². The molecule has 0 spiro atoms. The lowest BCUT2D eigenvalue weighted by Gasteiger charge is -2.42. The van der Waals surface area contributed by atoms with Crippen LogP contribution >= 0.6 is 0 Å². The number of hydrogen-bond acceptors (Lipinski definition) is 5. The molecule has 31 heavy (non-hydrogen) atoms. The molecule has 0 aliphatic carbocycles. The fraction of sp³-hybridized carbons (Fsp3) is 0.680. The molecule has 2 fully saturated rings. The van der Waals surface area contributed by atoms with Gasteiger partial charge in [-0.3, -0.25) is 0 Å². The van der Waals surface area contributed by atoms with E-state index in [1.165, 1.54) is 0 Å². The van der Waals surface area contributed by atoms with E-state index in [1.54, 1.807) is 0 Å². The van der Waals surface area contributed by atoms with Crippen LogP contribution in [0.15, 0.2) is 30.3 Å². The van der Waals surface area contributed by atoms with Gasteiger partial charge < -0.3 is 23.7 Å². The zero-order valence-corrected chi connectivity index (χ0v) is 20.6. The van der Waals surface area contributed by atoms with E-state index in [4.69, 9.17) is 18.6 Å². The van der Waals surface area contributed by atoms with Crippen molar-refractivity contribution in [3.05, 3.63) is 35.9 Å². The molecule has 2 aliphatic rings. The van der Waals surface area contributed by atoms with Crippen molar-refractivity contribution in [2.45, 2.75) is 95.3 Å². The first kappa shape index (κ1) is 24.4. The Balaban J connectivity index is 1.71. The molecule has 5 nitrogen and oxygen atoms in total. The molecule has 2 heterocycles. The highest BCUT2D eigenvalue weighted by molar-refractivity contribution is 6.74. The van der Waals surface area contributed by atoms with Crippen molar-refractivity contribution in [1.29, 1.82) is 0 Å². The van der Waals surface area contributed by atoms with Crippen LogP contribution in [0.5, 0.6) is 0 Å². The molecule has 2 saturated heterocycles. The van der Waals surface area contributed by atoms with Crippen LogP contribution in [-0.4, -0.2) is 50.7 Å². The van der Waals surface area contributed by atoms with Crippen LogP contribution in [0, 0.1) is 11.8 Å². The summed E-state index contributed by atoms with van der Waals surface area (Å²) in [6.07, 6.45) is 2.45. The predicted octanol–water partition coefficient (Wildman–Crippen LogP) is 4.64. The second-order valence-corrected chi connectivity index (χ2v) is 14.8. The Kier molecular flexibility index (Phi) is 8.01. The van der Waals surface area contributed by atoms with Gasteiger partial charge in [0.25, 0.3) is 5.79 Å². The van der Waals surface area contributed by atoms with Gasteiger partial charge in [-0.05, 0) is 55.3 Å². The predicted molar refractivity (Wildman–Crippen MR) is 124 cm³/mol. The lowest BCUT2D eigenvalue weighted by Crippen LogP contribution is -2.50. The molecule has 172 valence electrons. The molecule has 0 bridgehead atoms. The van der Waals surface area contributed by atoms with E-state index < -0.39 is 20.2 Å². The summed E-state index contributed by atoms with van der Waals surface area (Å²) < 4.78 is 24.3. The van der Waals surface area contributed by atoms with Gasteiger partial charge >= 0.3 is 0 Å². The molecule has 4 atom stereocenters. The molecule has 1 aromatic carbocycles. The third-order valence-corrected chi connectivity index (χ3v) is 11.1. The molecule has 1 unspecified atom stereocenters. The van der Waals surface area contributed by atoms with E-state index in [0.29, 0.717) is 26.2 Å². The first-order valence-corrected chi connectivity index (χ1v) is 14.4. The minimum absolute atomic E-state index is 0.0852. The number of aliphatic hydroxyl groups is 1. The Morgan fingerprint density at radius 1 is 1.13 bits per heavy atom. The van der Waals surface area contributed by atoms with Crippen molar-refractivity contribution in [3.8, 4) is 11.8 Å². The zero-order chi connectivity index (χ0) is 22.5. The van der Waals surface area contributed by atoms with Crippen LogP contribution in [0.25, 0.3) is 0 Å². The molecule has 1 N–H and O–H groups in total. The first-order chi connectivity index (χ1) is 14.6. The number of ether oxygens (including phenoxy) is 3. The Morgan fingerprint density at radius 2 is 1.84 bits per heavy atom. The van der Waals surface area contributed by atoms with Crippen molar-refractivity contribution in [2.75, 3.05) is 13.2 Å². The summed E-state index contributed by atoms with van der Waals surface area (Å²) in [6, 6.07) is 9.94. The monoisotopic (exact) mass is 446 g/mol. The normalized spacial score (nSPS) is 29.8. The first-order valence-electron chi connectivity index (χ1n) is 11.4. The molecule has 0 aromatic heterocycles. The van der Waals surface area contributed by atoms with E-state index in [-0.39, 0.29) is 17.2 Å². The highest BCUT2D eigenvalue weighted by atomic mass is 28.4. The van der Waals surface area contributed by atoms with E-state index in [0.717, 1.165) is 24.8 Å². The van der Waals surface area contributed by atoms with E-state index in [1.807, 2.05) is 30.3 Å². The topological polar surface area (TPSA) is 57.2 Å². The van der Waals surface area contributed by atoms with Gasteiger partial charge in [-0.15, -0.1) is 0 Å². The van der Waals surface area contributed by atoms with Crippen LogP contribution in [-0.2, 0) is 25.2 Å². The number of hydrogen-bond donors (Lipinski definition) is 1. The van der Waals surface area contributed by atoms with Gasteiger partial charge in [-0.2, -0.15) is 0 Å². The van der Waals surface area contributed by atoms with E-state index >= 15 is 0 Å². The molecular formula is C25H38O5Si. The Labute approximate surface area is 188 Å². The Bertz CT molecular complexity index is 764. The summed E-state index contributed by atoms with van der Waals surface area (Å²) in [6.45, 7) is 12.7. The number of rotatable bonds is 5. The summed E-state index contributed by atoms with van der Waals surface area (Å²) in [5, 5.41) is 11.3. The smallest absolute Gasteiger partial charge is 0.258 e. The van der Waals surface area contributed by atoms with Crippen LogP contribution in [0.1, 0.15) is 52.0 Å². The highest BCUT2D eigenvalue weighted by Crippen LogP contribution is 2.39. The van der Waals surface area contributed by atoms with Gasteiger partial charge in [0.2, 0.25) is 0 Å². The standard InChI is InChI=1S/C25H38O5Si/c1-24(2,3)31(4,5)30-22-13-9-17-27-21(22)15-16-25(26)23(14-10-18-29-25)28-19-20-11-7-6-8-12-20/h6-8,11-12,21-23,26H,9-10,13-14,17-19H2,1-5H3/t21-,22+,23+,25?/m1/s1. The van der Waals surface area contributed by atoms with Gasteiger partial charge in [0.1, 0.15) is 12.2 Å². The minimum Gasteiger partial charge on any atom is -0.410 e. The molecule has 0 amide bonds. The average Bonchev–Trinajstić information content (AvgIpc) is 2.72. The third kappa shape index (κ3) is 6.41. The maximum Gasteiger partial charge on any atom is 0.258 e. The van der Waals surface area contributed by atoms with Crippen LogP contribution < -0.4 is 0 Å². The van der Waals surface area contributed by atoms with Gasteiger partial charge in [-0.1, -0.05) is 57.0 Å². The van der Waals surface area contributed by atoms with Crippen LogP contribution in [0.3, 0.4) is 0 Å². The SMILES string of the molecule is CC(C)(C)[Si](C)(C)O[C@H]1CCCO[C@@H]1C#CC1(O)OCCC[C@@H]1OCc1ccccc1. The second-order valence-electron chi connectivity index (χ2n) is 10.1. The van der Waals surface area contributed by atoms with Gasteiger partial charge in [-0.25, -0.2) is 0 Å². The molecule has 1 aromatic rings. The zero-order valence-electron chi connectivity index (χ0n) is 19.6. The molecule has 2 aliphatic heterocycles. The maximum atomic E-state index is 11.2. The fourth-order valence-electron chi connectivity index (χ4n) is 3.61. The maximum absolute atomic E-state index is 11.2. The Hall–Kier alpha value is -1.20. The largest absolute Gasteiger partial charge is 0.410 e. The van der Waals surface area contributed by atoms with Crippen molar-refractivity contribution in [2.24, 2.45) is 0 Å². The highest BCUT2D eigenvalue weighted by Gasteiger charge is 2.43. The van der Waals surface area contributed by atoms with Crippen molar-refractivity contribution in [1.82, 2.24) is 0 Å². The third-order valence-electron chi connectivity index (χ3n) is 6.58. The molecular weight excluding hydrogens is 408 g/mol. The van der Waals surface area contributed by atoms with Crippen LogP contribution in [0.4, 0.5) is 0 Å². The summed E-state index contributed by atoms with van der Waals surface area (Å²) in [5.41, 5.74) is 1.06. The summed E-state index contributed by atoms with van der Waals surface area (Å²) in [5.74, 6) is 4.50.